The summed E-state index contributed by atoms with van der Waals surface area (Å²) < 4.78 is 7.12. The number of hydrogen-bond donors (Lipinski definition) is 0. The second kappa shape index (κ2) is 8.20. The quantitative estimate of drug-likeness (QED) is 0.690. The van der Waals surface area contributed by atoms with Crippen LogP contribution in [0.4, 0.5) is 5.82 Å². The van der Waals surface area contributed by atoms with Gasteiger partial charge in [0.1, 0.15) is 5.75 Å². The number of ether oxygens (including phenoxy) is 1. The maximum Gasteiger partial charge on any atom is 0.151 e. The highest BCUT2D eigenvalue weighted by Gasteiger charge is 2.12. The van der Waals surface area contributed by atoms with Crippen LogP contribution in [-0.4, -0.2) is 40.2 Å². The van der Waals surface area contributed by atoms with E-state index in [2.05, 4.69) is 38.4 Å². The number of aromatic nitrogens is 4. The van der Waals surface area contributed by atoms with Crippen molar-refractivity contribution in [2.45, 2.75) is 32.2 Å². The Kier molecular flexibility index (Phi) is 5.32. The van der Waals surface area contributed by atoms with Crippen molar-refractivity contribution < 1.29 is 4.74 Å². The first kappa shape index (κ1) is 17.5. The monoisotopic (exact) mass is 363 g/mol. The minimum absolute atomic E-state index is 0.712. The molecule has 3 heterocycles. The highest BCUT2D eigenvalue weighted by Crippen LogP contribution is 2.21. The Morgan fingerprint density at radius 3 is 2.37 bits per heavy atom. The molecule has 3 aromatic rings. The molecule has 0 spiro atoms. The van der Waals surface area contributed by atoms with Gasteiger partial charge in [-0.2, -0.15) is 5.10 Å². The molecule has 0 N–H and O–H groups in total. The van der Waals surface area contributed by atoms with Crippen LogP contribution in [0.2, 0.25) is 0 Å². The first-order chi connectivity index (χ1) is 13.3. The molecule has 0 atom stereocenters. The Morgan fingerprint density at radius 1 is 0.926 bits per heavy atom. The molecule has 27 heavy (non-hydrogen) atoms. The third kappa shape index (κ3) is 4.27. The third-order valence-electron chi connectivity index (χ3n) is 5.01. The van der Waals surface area contributed by atoms with Crippen molar-refractivity contribution in [1.29, 1.82) is 0 Å². The molecule has 4 rings (SSSR count). The molecule has 0 saturated carbocycles. The molecular formula is C21H25N5O. The lowest BCUT2D eigenvalue weighted by Gasteiger charge is -2.20. The molecule has 1 aliphatic heterocycles. The van der Waals surface area contributed by atoms with Crippen molar-refractivity contribution in [2.24, 2.45) is 0 Å². The van der Waals surface area contributed by atoms with Crippen LogP contribution >= 0.6 is 0 Å². The largest absolute Gasteiger partial charge is 0.497 e. The van der Waals surface area contributed by atoms with Crippen molar-refractivity contribution >= 4 is 5.82 Å². The fourth-order valence-corrected chi connectivity index (χ4v) is 3.45. The molecular weight excluding hydrogens is 338 g/mol. The molecule has 0 aliphatic carbocycles. The summed E-state index contributed by atoms with van der Waals surface area (Å²) in [6.07, 6.45) is 8.97. The standard InChI is InChI=1S/C21H25N5O/c1-27-19-8-6-17(7-9-19)15-26-16-18(14-22-26)20-10-11-21(24-23-20)25-12-4-2-3-5-13-25/h6-11,14,16H,2-5,12-13,15H2,1H3. The van der Waals surface area contributed by atoms with Crippen molar-refractivity contribution in [3.8, 4) is 17.0 Å². The van der Waals surface area contributed by atoms with Gasteiger partial charge in [-0.3, -0.25) is 4.68 Å². The molecule has 1 aliphatic rings. The average molecular weight is 363 g/mol. The van der Waals surface area contributed by atoms with Gasteiger partial charge in [0, 0.05) is 24.8 Å². The third-order valence-corrected chi connectivity index (χ3v) is 5.01. The number of hydrogen-bond acceptors (Lipinski definition) is 5. The molecule has 6 heteroatoms. The zero-order valence-corrected chi connectivity index (χ0v) is 15.7. The van der Waals surface area contributed by atoms with Crippen LogP contribution in [0.25, 0.3) is 11.3 Å². The van der Waals surface area contributed by atoms with E-state index in [-0.39, 0.29) is 0 Å². The topological polar surface area (TPSA) is 56.1 Å². The van der Waals surface area contributed by atoms with Crippen LogP contribution in [-0.2, 0) is 6.54 Å². The van der Waals surface area contributed by atoms with Gasteiger partial charge >= 0.3 is 0 Å². The van der Waals surface area contributed by atoms with Crippen molar-refractivity contribution in [2.75, 3.05) is 25.1 Å². The Morgan fingerprint density at radius 2 is 1.70 bits per heavy atom. The summed E-state index contributed by atoms with van der Waals surface area (Å²) in [5.41, 5.74) is 3.01. The van der Waals surface area contributed by atoms with E-state index in [1.807, 2.05) is 35.3 Å². The second-order valence-corrected chi connectivity index (χ2v) is 6.95. The summed E-state index contributed by atoms with van der Waals surface area (Å²) in [5.74, 6) is 1.84. The molecule has 0 bridgehead atoms. The van der Waals surface area contributed by atoms with Crippen LogP contribution in [0.15, 0.2) is 48.8 Å². The summed E-state index contributed by atoms with van der Waals surface area (Å²) in [6, 6.07) is 12.2. The van der Waals surface area contributed by atoms with Gasteiger partial charge in [-0.05, 0) is 42.7 Å². The minimum Gasteiger partial charge on any atom is -0.497 e. The summed E-state index contributed by atoms with van der Waals surface area (Å²) in [4.78, 5) is 2.34. The van der Waals surface area contributed by atoms with Gasteiger partial charge in [0.25, 0.3) is 0 Å². The van der Waals surface area contributed by atoms with Crippen LogP contribution in [0.3, 0.4) is 0 Å². The first-order valence-corrected chi connectivity index (χ1v) is 9.56. The van der Waals surface area contributed by atoms with Gasteiger partial charge in [0.05, 0.1) is 25.5 Å². The predicted molar refractivity (Wildman–Crippen MR) is 106 cm³/mol. The summed E-state index contributed by atoms with van der Waals surface area (Å²) in [7, 11) is 1.67. The number of nitrogens with zero attached hydrogens (tertiary/aromatic N) is 5. The van der Waals surface area contributed by atoms with E-state index >= 15 is 0 Å². The number of methoxy groups -OCH3 is 1. The van der Waals surface area contributed by atoms with E-state index in [0.29, 0.717) is 6.54 Å². The van der Waals surface area contributed by atoms with E-state index < -0.39 is 0 Å². The summed E-state index contributed by atoms with van der Waals surface area (Å²) >= 11 is 0. The van der Waals surface area contributed by atoms with E-state index in [1.54, 1.807) is 7.11 Å². The average Bonchev–Trinajstić information content (AvgIpc) is 3.01. The SMILES string of the molecule is COc1ccc(Cn2cc(-c3ccc(N4CCCCCC4)nn3)cn2)cc1. The maximum atomic E-state index is 5.20. The lowest BCUT2D eigenvalue weighted by atomic mass is 10.2. The van der Waals surface area contributed by atoms with E-state index in [0.717, 1.165) is 35.9 Å². The molecule has 6 nitrogen and oxygen atoms in total. The molecule has 1 aromatic carbocycles. The molecule has 140 valence electrons. The Labute approximate surface area is 159 Å². The fraction of sp³-hybridized carbons (Fsp3) is 0.381. The second-order valence-electron chi connectivity index (χ2n) is 6.95. The van der Waals surface area contributed by atoms with Gasteiger partial charge < -0.3 is 9.64 Å². The van der Waals surface area contributed by atoms with Gasteiger partial charge in [0.2, 0.25) is 0 Å². The van der Waals surface area contributed by atoms with Crippen LogP contribution in [0, 0.1) is 0 Å². The fourth-order valence-electron chi connectivity index (χ4n) is 3.45. The van der Waals surface area contributed by atoms with Crippen molar-refractivity contribution in [3.05, 3.63) is 54.4 Å². The molecule has 0 unspecified atom stereocenters. The van der Waals surface area contributed by atoms with Gasteiger partial charge in [0.15, 0.2) is 5.82 Å². The number of benzene rings is 1. The summed E-state index contributed by atoms with van der Waals surface area (Å²) in [6.45, 7) is 2.87. The Hall–Kier alpha value is -2.89. The zero-order valence-electron chi connectivity index (χ0n) is 15.7. The van der Waals surface area contributed by atoms with E-state index in [4.69, 9.17) is 4.74 Å². The highest BCUT2D eigenvalue weighted by molar-refractivity contribution is 5.57. The Balaban J connectivity index is 1.44. The zero-order chi connectivity index (χ0) is 18.5. The highest BCUT2D eigenvalue weighted by atomic mass is 16.5. The van der Waals surface area contributed by atoms with Crippen LogP contribution < -0.4 is 9.64 Å². The number of rotatable bonds is 5. The molecule has 0 radical (unpaired) electrons. The van der Waals surface area contributed by atoms with E-state index in [9.17, 15) is 0 Å². The van der Waals surface area contributed by atoms with E-state index in [1.165, 1.54) is 31.2 Å². The van der Waals surface area contributed by atoms with Crippen LogP contribution in [0.1, 0.15) is 31.2 Å². The van der Waals surface area contributed by atoms with Gasteiger partial charge in [-0.25, -0.2) is 0 Å². The normalized spacial score (nSPS) is 14.8. The molecule has 1 fully saturated rings. The molecule has 2 aromatic heterocycles. The minimum atomic E-state index is 0.712. The Bertz CT molecular complexity index is 849. The molecule has 0 amide bonds. The maximum absolute atomic E-state index is 5.20. The number of anilines is 1. The van der Waals surface area contributed by atoms with Gasteiger partial charge in [-0.1, -0.05) is 25.0 Å². The molecule has 1 saturated heterocycles. The lowest BCUT2D eigenvalue weighted by Crippen LogP contribution is -2.25. The van der Waals surface area contributed by atoms with Crippen LogP contribution in [0.5, 0.6) is 5.75 Å². The first-order valence-electron chi connectivity index (χ1n) is 9.56. The predicted octanol–water partition coefficient (Wildman–Crippen LogP) is 3.78. The van der Waals surface area contributed by atoms with Crippen molar-refractivity contribution in [3.63, 3.8) is 0 Å². The van der Waals surface area contributed by atoms with Gasteiger partial charge in [-0.15, -0.1) is 10.2 Å². The van der Waals surface area contributed by atoms with Crippen molar-refractivity contribution in [1.82, 2.24) is 20.0 Å². The smallest absolute Gasteiger partial charge is 0.151 e. The lowest BCUT2D eigenvalue weighted by molar-refractivity contribution is 0.414. The summed E-state index contributed by atoms with van der Waals surface area (Å²) in [5, 5.41) is 13.4.